The molecule has 8 nitrogen and oxygen atoms in total. The molecular weight excluding hydrogens is 400 g/mol. The van der Waals surface area contributed by atoms with Gasteiger partial charge in [-0.1, -0.05) is 12.1 Å². The van der Waals surface area contributed by atoms with E-state index >= 15 is 0 Å². The highest BCUT2D eigenvalue weighted by Gasteiger charge is 2.40. The zero-order valence-corrected chi connectivity index (χ0v) is 17.6. The van der Waals surface area contributed by atoms with E-state index < -0.39 is 24.3 Å². The number of thiazole rings is 1. The van der Waals surface area contributed by atoms with Crippen molar-refractivity contribution in [2.75, 3.05) is 17.2 Å². The number of anilines is 2. The molecule has 4 atom stereocenters. The topological polar surface area (TPSA) is 129 Å². The Morgan fingerprint density at radius 2 is 1.93 bits per heavy atom. The summed E-state index contributed by atoms with van der Waals surface area (Å²) in [5.41, 5.74) is 8.51. The van der Waals surface area contributed by atoms with Gasteiger partial charge in [-0.05, 0) is 44.2 Å². The first kappa shape index (κ1) is 19.6. The molecule has 0 saturated heterocycles. The van der Waals surface area contributed by atoms with Gasteiger partial charge in [-0.3, -0.25) is 0 Å². The average molecular weight is 427 g/mol. The largest absolute Gasteiger partial charge is 0.389 e. The Kier molecular flexibility index (Phi) is 5.06. The van der Waals surface area contributed by atoms with E-state index in [-0.39, 0.29) is 0 Å². The molecule has 2 saturated carbocycles. The molecule has 0 aliphatic heterocycles. The van der Waals surface area contributed by atoms with Crippen LogP contribution in [0.4, 0.5) is 11.8 Å². The number of aliphatic hydroxyl groups is 2. The molecule has 5 rings (SSSR count). The summed E-state index contributed by atoms with van der Waals surface area (Å²) in [5, 5.41) is 28.0. The van der Waals surface area contributed by atoms with Crippen molar-refractivity contribution in [3.63, 3.8) is 0 Å². The van der Waals surface area contributed by atoms with Crippen LogP contribution in [0.15, 0.2) is 24.3 Å². The molecule has 0 unspecified atom stereocenters. The molecule has 2 heterocycles. The normalized spacial score (nSPS) is 26.3. The van der Waals surface area contributed by atoms with E-state index in [4.69, 9.17) is 15.7 Å². The van der Waals surface area contributed by atoms with Crippen molar-refractivity contribution in [3.05, 3.63) is 30.0 Å². The molecule has 30 heavy (non-hydrogen) atoms. The average Bonchev–Trinajstić information content (AvgIpc) is 3.41. The summed E-state index contributed by atoms with van der Waals surface area (Å²) in [4.78, 5) is 14.2. The predicted octanol–water partition coefficient (Wildman–Crippen LogP) is 2.12. The quantitative estimate of drug-likeness (QED) is 0.405. The molecular formula is C21H26N6O2S. The molecule has 0 amide bonds. The SMILES string of the molecule is Cc1nc(NCC2CC2)nc(N[C@@H]2C[C@H](N)[C@@H](O)[C@H]2O)c1-c1nc2ccccc2s1. The van der Waals surface area contributed by atoms with Crippen molar-refractivity contribution < 1.29 is 10.2 Å². The third kappa shape index (κ3) is 3.74. The Morgan fingerprint density at radius 1 is 1.13 bits per heavy atom. The lowest BCUT2D eigenvalue weighted by molar-refractivity contribution is 0.0322. The predicted molar refractivity (Wildman–Crippen MR) is 119 cm³/mol. The van der Waals surface area contributed by atoms with Gasteiger partial charge in [0, 0.05) is 12.6 Å². The van der Waals surface area contributed by atoms with Crippen molar-refractivity contribution in [1.82, 2.24) is 15.0 Å². The van der Waals surface area contributed by atoms with Gasteiger partial charge in [0.2, 0.25) is 5.95 Å². The van der Waals surface area contributed by atoms with Gasteiger partial charge in [0.25, 0.3) is 0 Å². The van der Waals surface area contributed by atoms with Gasteiger partial charge in [-0.25, -0.2) is 9.97 Å². The van der Waals surface area contributed by atoms with Crippen molar-refractivity contribution in [2.24, 2.45) is 11.7 Å². The molecule has 9 heteroatoms. The fraction of sp³-hybridized carbons (Fsp3) is 0.476. The summed E-state index contributed by atoms with van der Waals surface area (Å²) in [6, 6.07) is 7.13. The molecule has 2 aliphatic carbocycles. The summed E-state index contributed by atoms with van der Waals surface area (Å²) in [6.07, 6.45) is 1.02. The molecule has 6 N–H and O–H groups in total. The number of fused-ring (bicyclic) bond motifs is 1. The second kappa shape index (κ2) is 7.73. The Balaban J connectivity index is 1.53. The van der Waals surface area contributed by atoms with Gasteiger partial charge in [0.1, 0.15) is 16.9 Å². The molecule has 1 aromatic carbocycles. The van der Waals surface area contributed by atoms with Gasteiger partial charge >= 0.3 is 0 Å². The Hall–Kier alpha value is -2.33. The van der Waals surface area contributed by atoms with Crippen LogP contribution in [-0.4, -0.2) is 56.0 Å². The van der Waals surface area contributed by atoms with Crippen LogP contribution in [-0.2, 0) is 0 Å². The fourth-order valence-corrected chi connectivity index (χ4v) is 5.00. The van der Waals surface area contributed by atoms with Crippen molar-refractivity contribution in [3.8, 4) is 10.6 Å². The Labute approximate surface area is 178 Å². The highest BCUT2D eigenvalue weighted by atomic mass is 32.1. The zero-order valence-electron chi connectivity index (χ0n) is 16.7. The van der Waals surface area contributed by atoms with Crippen LogP contribution < -0.4 is 16.4 Å². The van der Waals surface area contributed by atoms with Gasteiger partial charge in [-0.2, -0.15) is 4.98 Å². The van der Waals surface area contributed by atoms with Crippen LogP contribution in [0, 0.1) is 12.8 Å². The van der Waals surface area contributed by atoms with Crippen LogP contribution in [0.25, 0.3) is 20.8 Å². The van der Waals surface area contributed by atoms with Crippen LogP contribution in [0.1, 0.15) is 25.0 Å². The zero-order chi connectivity index (χ0) is 20.8. The molecule has 2 aliphatic rings. The number of nitrogens with zero attached hydrogens (tertiary/aromatic N) is 3. The second-order valence-corrected chi connectivity index (χ2v) is 9.33. The number of hydrogen-bond donors (Lipinski definition) is 5. The second-order valence-electron chi connectivity index (χ2n) is 8.30. The standard InChI is InChI=1S/C21H26N6O2S/c1-10-16(20-26-13-4-2-3-5-15(13)30-20)19(25-14-8-12(22)17(28)18(14)29)27-21(24-10)23-9-11-6-7-11/h2-5,11-12,14,17-18,28-29H,6-9,22H2,1H3,(H2,23,24,25,27)/t12-,14+,17+,18-/m0/s1. The van der Waals surface area contributed by atoms with E-state index in [0.717, 1.165) is 33.0 Å². The van der Waals surface area contributed by atoms with E-state index in [1.165, 1.54) is 12.8 Å². The fourth-order valence-electron chi connectivity index (χ4n) is 3.93. The number of aryl methyl sites for hydroxylation is 1. The highest BCUT2D eigenvalue weighted by Crippen LogP contribution is 2.37. The van der Waals surface area contributed by atoms with Gasteiger partial charge < -0.3 is 26.6 Å². The first-order chi connectivity index (χ1) is 14.5. The molecule has 0 spiro atoms. The number of nitrogens with two attached hydrogens (primary N) is 1. The van der Waals surface area contributed by atoms with Gasteiger partial charge in [-0.15, -0.1) is 11.3 Å². The molecule has 2 fully saturated rings. The van der Waals surface area contributed by atoms with Crippen molar-refractivity contribution in [1.29, 1.82) is 0 Å². The van der Waals surface area contributed by atoms with Gasteiger partial charge in [0.15, 0.2) is 0 Å². The number of benzene rings is 1. The lowest BCUT2D eigenvalue weighted by Gasteiger charge is -2.21. The van der Waals surface area contributed by atoms with Crippen LogP contribution in [0.3, 0.4) is 0 Å². The molecule has 3 aromatic rings. The number of aliphatic hydroxyl groups excluding tert-OH is 2. The summed E-state index contributed by atoms with van der Waals surface area (Å²) in [5.74, 6) is 1.85. The molecule has 158 valence electrons. The number of rotatable bonds is 6. The molecule has 0 radical (unpaired) electrons. The van der Waals surface area contributed by atoms with E-state index in [2.05, 4.69) is 15.6 Å². The van der Waals surface area contributed by atoms with Crippen molar-refractivity contribution >= 4 is 33.3 Å². The minimum atomic E-state index is -0.957. The number of para-hydroxylation sites is 1. The summed E-state index contributed by atoms with van der Waals surface area (Å²) >= 11 is 1.58. The number of hydrogen-bond acceptors (Lipinski definition) is 9. The third-order valence-electron chi connectivity index (χ3n) is 5.89. The Bertz CT molecular complexity index is 1040. The first-order valence-corrected chi connectivity index (χ1v) is 11.2. The molecule has 2 aromatic heterocycles. The lowest BCUT2D eigenvalue weighted by atomic mass is 10.1. The maximum absolute atomic E-state index is 10.4. The number of nitrogens with one attached hydrogen (secondary N) is 2. The van der Waals surface area contributed by atoms with Crippen LogP contribution >= 0.6 is 11.3 Å². The van der Waals surface area contributed by atoms with E-state index in [0.29, 0.717) is 24.1 Å². The smallest absolute Gasteiger partial charge is 0.224 e. The van der Waals surface area contributed by atoms with E-state index in [1.807, 2.05) is 31.2 Å². The third-order valence-corrected chi connectivity index (χ3v) is 6.95. The van der Waals surface area contributed by atoms with E-state index in [9.17, 15) is 10.2 Å². The maximum atomic E-state index is 10.4. The molecule has 0 bridgehead atoms. The monoisotopic (exact) mass is 426 g/mol. The van der Waals surface area contributed by atoms with E-state index in [1.54, 1.807) is 11.3 Å². The van der Waals surface area contributed by atoms with Crippen LogP contribution in [0.2, 0.25) is 0 Å². The minimum Gasteiger partial charge on any atom is -0.389 e. The minimum absolute atomic E-state index is 0.395. The summed E-state index contributed by atoms with van der Waals surface area (Å²) in [7, 11) is 0. The summed E-state index contributed by atoms with van der Waals surface area (Å²) < 4.78 is 1.09. The van der Waals surface area contributed by atoms with Crippen LogP contribution in [0.5, 0.6) is 0 Å². The van der Waals surface area contributed by atoms with Gasteiger partial charge in [0.05, 0.1) is 33.6 Å². The lowest BCUT2D eigenvalue weighted by Crippen LogP contribution is -2.38. The Morgan fingerprint density at radius 3 is 2.63 bits per heavy atom. The first-order valence-electron chi connectivity index (χ1n) is 10.4. The highest BCUT2D eigenvalue weighted by molar-refractivity contribution is 7.21. The summed E-state index contributed by atoms with van der Waals surface area (Å²) in [6.45, 7) is 2.80. The maximum Gasteiger partial charge on any atom is 0.224 e. The number of aromatic nitrogens is 3. The van der Waals surface area contributed by atoms with Crippen molar-refractivity contribution in [2.45, 2.75) is 50.5 Å².